The molecule has 0 aromatic heterocycles. The maximum atomic E-state index is 12.6. The van der Waals surface area contributed by atoms with E-state index in [1.165, 1.54) is 9.87 Å². The molecule has 0 saturated heterocycles. The van der Waals surface area contributed by atoms with Gasteiger partial charge in [0.25, 0.3) is 0 Å². The first-order valence-corrected chi connectivity index (χ1v) is 8.58. The Kier molecular flexibility index (Phi) is 7.19. The zero-order valence-electron chi connectivity index (χ0n) is 12.6. The number of ether oxygens (including phenoxy) is 1. The van der Waals surface area contributed by atoms with Gasteiger partial charge in [-0.3, -0.25) is 0 Å². The smallest absolute Gasteiger partial charge is 0.243 e. The quantitative estimate of drug-likeness (QED) is 0.704. The highest BCUT2D eigenvalue weighted by Gasteiger charge is 2.23. The van der Waals surface area contributed by atoms with Crippen LogP contribution in [0, 0.1) is 0 Å². The van der Waals surface area contributed by atoms with Gasteiger partial charge in [0.15, 0.2) is 0 Å². The van der Waals surface area contributed by atoms with Gasteiger partial charge in [-0.05, 0) is 30.5 Å². The van der Waals surface area contributed by atoms with Gasteiger partial charge in [-0.25, -0.2) is 8.42 Å². The third-order valence-electron chi connectivity index (χ3n) is 3.12. The summed E-state index contributed by atoms with van der Waals surface area (Å²) in [6.45, 7) is 5.40. The second-order valence-corrected chi connectivity index (χ2v) is 6.73. The molecule has 1 aromatic carbocycles. The van der Waals surface area contributed by atoms with Gasteiger partial charge in [0, 0.05) is 20.2 Å². The van der Waals surface area contributed by atoms with Crippen LogP contribution in [0.1, 0.15) is 32.3 Å². The van der Waals surface area contributed by atoms with Crippen LogP contribution in [0.3, 0.4) is 0 Å². The first-order chi connectivity index (χ1) is 9.56. The van der Waals surface area contributed by atoms with Gasteiger partial charge in [-0.15, -0.1) is 0 Å². The Balaban J connectivity index is 2.93. The molecule has 0 saturated carbocycles. The van der Waals surface area contributed by atoms with Gasteiger partial charge < -0.3 is 4.74 Å². The van der Waals surface area contributed by atoms with Crippen molar-refractivity contribution in [3.63, 3.8) is 0 Å². The van der Waals surface area contributed by atoms with Crippen molar-refractivity contribution in [1.82, 2.24) is 4.31 Å². The van der Waals surface area contributed by atoms with Gasteiger partial charge in [-0.2, -0.15) is 4.31 Å². The fourth-order valence-corrected chi connectivity index (χ4v) is 3.58. The van der Waals surface area contributed by atoms with Crippen molar-refractivity contribution in [2.24, 2.45) is 0 Å². The molecule has 1 aromatic rings. The molecule has 0 N–H and O–H groups in total. The Morgan fingerprint density at radius 1 is 1.05 bits per heavy atom. The van der Waals surface area contributed by atoms with Crippen LogP contribution in [0.5, 0.6) is 0 Å². The molecule has 0 aliphatic rings. The van der Waals surface area contributed by atoms with Crippen molar-refractivity contribution in [3.05, 3.63) is 29.8 Å². The number of methoxy groups -OCH3 is 1. The number of hydrogen-bond donors (Lipinski definition) is 0. The van der Waals surface area contributed by atoms with E-state index in [-0.39, 0.29) is 0 Å². The summed E-state index contributed by atoms with van der Waals surface area (Å²) in [4.78, 5) is 0.363. The van der Waals surface area contributed by atoms with Crippen LogP contribution in [0.15, 0.2) is 29.2 Å². The molecular weight excluding hydrogens is 274 g/mol. The summed E-state index contributed by atoms with van der Waals surface area (Å²) < 4.78 is 31.6. The lowest BCUT2D eigenvalue weighted by Crippen LogP contribution is -2.34. The highest BCUT2D eigenvalue weighted by Crippen LogP contribution is 2.17. The van der Waals surface area contributed by atoms with Crippen LogP contribution in [0.2, 0.25) is 0 Å². The van der Waals surface area contributed by atoms with E-state index in [9.17, 15) is 8.42 Å². The summed E-state index contributed by atoms with van der Waals surface area (Å²) in [5.41, 5.74) is 1.17. The molecular formula is C15H25NO3S. The molecule has 0 heterocycles. The van der Waals surface area contributed by atoms with E-state index in [0.29, 0.717) is 24.6 Å². The van der Waals surface area contributed by atoms with Crippen molar-refractivity contribution >= 4 is 10.0 Å². The number of hydrogen-bond acceptors (Lipinski definition) is 3. The maximum Gasteiger partial charge on any atom is 0.243 e. The fourth-order valence-electron chi connectivity index (χ4n) is 2.06. The summed E-state index contributed by atoms with van der Waals surface area (Å²) in [7, 11) is -1.83. The largest absolute Gasteiger partial charge is 0.383 e. The van der Waals surface area contributed by atoms with E-state index in [0.717, 1.165) is 19.3 Å². The van der Waals surface area contributed by atoms with Crippen LogP contribution >= 0.6 is 0 Å². The lowest BCUT2D eigenvalue weighted by Gasteiger charge is -2.21. The maximum absolute atomic E-state index is 12.6. The molecule has 114 valence electrons. The van der Waals surface area contributed by atoms with Crippen molar-refractivity contribution in [3.8, 4) is 0 Å². The second-order valence-electron chi connectivity index (χ2n) is 4.79. The van der Waals surface area contributed by atoms with Crippen molar-refractivity contribution < 1.29 is 13.2 Å². The summed E-state index contributed by atoms with van der Waals surface area (Å²) in [6, 6.07) is 7.21. The molecule has 5 heteroatoms. The van der Waals surface area contributed by atoms with Crippen LogP contribution in [-0.2, 0) is 21.2 Å². The Morgan fingerprint density at radius 2 is 1.70 bits per heavy atom. The summed E-state index contributed by atoms with van der Waals surface area (Å²) in [5.74, 6) is 0. The fraction of sp³-hybridized carbons (Fsp3) is 0.600. The number of benzene rings is 1. The van der Waals surface area contributed by atoms with Crippen LogP contribution in [0.4, 0.5) is 0 Å². The zero-order valence-corrected chi connectivity index (χ0v) is 13.4. The zero-order chi connectivity index (χ0) is 15.0. The molecule has 0 atom stereocenters. The molecule has 0 amide bonds. The molecule has 20 heavy (non-hydrogen) atoms. The minimum absolute atomic E-state index is 0.363. The van der Waals surface area contributed by atoms with E-state index in [2.05, 4.69) is 6.92 Å². The average Bonchev–Trinajstić information content (AvgIpc) is 2.44. The summed E-state index contributed by atoms with van der Waals surface area (Å²) in [5, 5.41) is 0. The van der Waals surface area contributed by atoms with E-state index in [4.69, 9.17) is 4.74 Å². The average molecular weight is 299 g/mol. The summed E-state index contributed by atoms with van der Waals surface area (Å²) in [6.07, 6.45) is 2.82. The van der Waals surface area contributed by atoms with E-state index < -0.39 is 10.0 Å². The van der Waals surface area contributed by atoms with Gasteiger partial charge in [-0.1, -0.05) is 32.4 Å². The van der Waals surface area contributed by atoms with E-state index in [1.54, 1.807) is 19.2 Å². The third-order valence-corrected chi connectivity index (χ3v) is 5.03. The van der Waals surface area contributed by atoms with Crippen LogP contribution in [0.25, 0.3) is 0 Å². The van der Waals surface area contributed by atoms with E-state index in [1.807, 2.05) is 19.1 Å². The molecule has 4 nitrogen and oxygen atoms in total. The Morgan fingerprint density at radius 3 is 2.20 bits per heavy atom. The molecule has 0 aliphatic carbocycles. The predicted octanol–water partition coefficient (Wildman–Crippen LogP) is 2.69. The lowest BCUT2D eigenvalue weighted by atomic mass is 10.1. The highest BCUT2D eigenvalue weighted by molar-refractivity contribution is 7.89. The first-order valence-electron chi connectivity index (χ1n) is 7.14. The molecule has 0 aliphatic heterocycles. The van der Waals surface area contributed by atoms with E-state index >= 15 is 0 Å². The minimum Gasteiger partial charge on any atom is -0.383 e. The molecule has 0 unspecified atom stereocenters. The van der Waals surface area contributed by atoms with Crippen molar-refractivity contribution in [2.75, 3.05) is 26.8 Å². The van der Waals surface area contributed by atoms with Gasteiger partial charge in [0.05, 0.1) is 11.5 Å². The van der Waals surface area contributed by atoms with Crippen LogP contribution < -0.4 is 0 Å². The SMILES string of the molecule is CCCc1ccc(S(=O)(=O)N(CCC)CCOC)cc1. The highest BCUT2D eigenvalue weighted by atomic mass is 32.2. The number of sulfonamides is 1. The molecule has 0 fully saturated rings. The number of nitrogens with zero attached hydrogens (tertiary/aromatic N) is 1. The standard InChI is InChI=1S/C15H25NO3S/c1-4-6-14-7-9-15(10-8-14)20(17,18)16(11-5-2)12-13-19-3/h7-10H,4-6,11-13H2,1-3H3. The topological polar surface area (TPSA) is 46.6 Å². The Hall–Kier alpha value is -0.910. The van der Waals surface area contributed by atoms with Gasteiger partial charge >= 0.3 is 0 Å². The molecule has 0 spiro atoms. The Bertz CT molecular complexity index is 482. The van der Waals surface area contributed by atoms with Crippen molar-refractivity contribution in [1.29, 1.82) is 0 Å². The van der Waals surface area contributed by atoms with Gasteiger partial charge in [0.2, 0.25) is 10.0 Å². The molecule has 0 radical (unpaired) electrons. The first kappa shape index (κ1) is 17.1. The third kappa shape index (κ3) is 4.58. The number of rotatable bonds is 9. The number of aryl methyl sites for hydroxylation is 1. The van der Waals surface area contributed by atoms with Crippen LogP contribution in [-0.4, -0.2) is 39.5 Å². The normalized spacial score (nSPS) is 12.0. The molecule has 0 bridgehead atoms. The lowest BCUT2D eigenvalue weighted by molar-refractivity contribution is 0.179. The minimum atomic E-state index is -3.41. The monoisotopic (exact) mass is 299 g/mol. The van der Waals surface area contributed by atoms with Gasteiger partial charge in [0.1, 0.15) is 0 Å². The second kappa shape index (κ2) is 8.39. The summed E-state index contributed by atoms with van der Waals surface area (Å²) >= 11 is 0. The van der Waals surface area contributed by atoms with Crippen molar-refractivity contribution in [2.45, 2.75) is 38.0 Å². The Labute approximate surface area is 122 Å². The molecule has 1 rings (SSSR count). The predicted molar refractivity (Wildman–Crippen MR) is 81.4 cm³/mol.